The molecule has 0 fully saturated rings. The molecular formula is C8H14N8O+2. The normalized spacial score (nSPS) is 10.8. The first kappa shape index (κ1) is 12.2. The molecule has 0 spiro atoms. The van der Waals surface area contributed by atoms with Crippen molar-refractivity contribution in [3.05, 3.63) is 23.7 Å². The summed E-state index contributed by atoms with van der Waals surface area (Å²) in [5, 5.41) is 12.2. The van der Waals surface area contributed by atoms with Crippen molar-refractivity contribution in [1.82, 2.24) is 0 Å². The van der Waals surface area contributed by atoms with Crippen molar-refractivity contribution < 1.29 is 14.6 Å². The van der Waals surface area contributed by atoms with Crippen molar-refractivity contribution in [1.29, 1.82) is 0 Å². The number of nitrogens with two attached hydrogens (primary N) is 4. The smallest absolute Gasteiger partial charge is 0.256 e. The molecule has 1 rings (SSSR count). The molecule has 0 saturated heterocycles. The van der Waals surface area contributed by atoms with E-state index in [9.17, 15) is 0 Å². The third-order valence-corrected chi connectivity index (χ3v) is 1.55. The number of hydrazone groups is 2. The van der Waals surface area contributed by atoms with Crippen LogP contribution in [0.4, 0.5) is 0 Å². The number of furan rings is 1. The highest BCUT2D eigenvalue weighted by Crippen LogP contribution is 2.01. The summed E-state index contributed by atoms with van der Waals surface area (Å²) in [6.07, 6.45) is 6.09. The summed E-state index contributed by atoms with van der Waals surface area (Å²) in [5.41, 5.74) is 22.0. The zero-order chi connectivity index (χ0) is 12.7. The average molecular weight is 238 g/mol. The number of hydrogen-bond donors (Lipinski definition) is 6. The molecule has 0 radical (unpaired) electrons. The number of hydrogen-bond acceptors (Lipinski definition) is 3. The van der Waals surface area contributed by atoms with Crippen LogP contribution >= 0.6 is 0 Å². The van der Waals surface area contributed by atoms with Gasteiger partial charge in [0.05, 0.1) is 11.1 Å². The molecule has 0 aliphatic carbocycles. The second-order valence-electron chi connectivity index (χ2n) is 2.90. The van der Waals surface area contributed by atoms with Crippen LogP contribution in [0.2, 0.25) is 0 Å². The Labute approximate surface area is 96.6 Å². The Hall–Kier alpha value is -2.84. The van der Waals surface area contributed by atoms with Crippen LogP contribution in [-0.4, -0.2) is 24.3 Å². The van der Waals surface area contributed by atoms with Crippen molar-refractivity contribution in [3.63, 3.8) is 0 Å². The average Bonchev–Trinajstić information content (AvgIpc) is 2.65. The second kappa shape index (κ2) is 5.90. The van der Waals surface area contributed by atoms with Crippen LogP contribution in [0.15, 0.2) is 27.1 Å². The number of nitrogens with zero attached hydrogens (tertiary/aromatic N) is 2. The highest BCUT2D eigenvalue weighted by Gasteiger charge is 2.05. The lowest BCUT2D eigenvalue weighted by Crippen LogP contribution is -2.65. The van der Waals surface area contributed by atoms with E-state index in [1.54, 1.807) is 12.4 Å². The van der Waals surface area contributed by atoms with Gasteiger partial charge in [-0.2, -0.15) is 0 Å². The van der Waals surface area contributed by atoms with Gasteiger partial charge in [0.2, 0.25) is 12.4 Å². The monoisotopic (exact) mass is 238 g/mol. The van der Waals surface area contributed by atoms with Crippen LogP contribution in [0.5, 0.6) is 0 Å². The van der Waals surface area contributed by atoms with E-state index in [1.165, 1.54) is 12.5 Å². The molecule has 1 aromatic rings. The van der Waals surface area contributed by atoms with Crippen molar-refractivity contribution in [2.24, 2.45) is 33.1 Å². The molecule has 0 saturated carbocycles. The number of rotatable bonds is 4. The van der Waals surface area contributed by atoms with Gasteiger partial charge in [0.25, 0.3) is 11.9 Å². The molecule has 0 aliphatic heterocycles. The fraction of sp³-hybridized carbons (Fsp3) is 0. The fourth-order valence-corrected chi connectivity index (χ4v) is 0.904. The van der Waals surface area contributed by atoms with Gasteiger partial charge in [-0.1, -0.05) is 0 Å². The predicted molar refractivity (Wildman–Crippen MR) is 62.6 cm³/mol. The molecule has 0 atom stereocenters. The summed E-state index contributed by atoms with van der Waals surface area (Å²) >= 11 is 0. The molecule has 9 heteroatoms. The fourth-order valence-electron chi connectivity index (χ4n) is 0.904. The summed E-state index contributed by atoms with van der Waals surface area (Å²) in [6, 6.07) is 0. The maximum atomic E-state index is 5.14. The second-order valence-corrected chi connectivity index (χ2v) is 2.90. The third kappa shape index (κ3) is 4.46. The summed E-state index contributed by atoms with van der Waals surface area (Å²) in [5.74, 6) is -0.150. The molecule has 1 aromatic heterocycles. The first-order valence-corrected chi connectivity index (χ1v) is 4.50. The molecule has 0 aliphatic rings. The lowest BCUT2D eigenvalue weighted by molar-refractivity contribution is -0.457. The van der Waals surface area contributed by atoms with E-state index in [4.69, 9.17) is 27.4 Å². The molecule has 90 valence electrons. The Bertz CT molecular complexity index is 433. The summed E-state index contributed by atoms with van der Waals surface area (Å²) in [7, 11) is 0. The number of guanidine groups is 2. The molecule has 0 unspecified atom stereocenters. The van der Waals surface area contributed by atoms with Gasteiger partial charge < -0.3 is 27.4 Å². The van der Waals surface area contributed by atoms with E-state index < -0.39 is 0 Å². The van der Waals surface area contributed by atoms with E-state index in [-0.39, 0.29) is 11.9 Å². The molecule has 1 heterocycles. The van der Waals surface area contributed by atoms with E-state index in [2.05, 4.69) is 20.4 Å². The molecule has 10 N–H and O–H groups in total. The molecule has 0 aromatic carbocycles. The van der Waals surface area contributed by atoms with Gasteiger partial charge in [-0.25, -0.2) is 0 Å². The predicted octanol–water partition coefficient (Wildman–Crippen LogP) is -5.34. The number of nitrogens with one attached hydrogen (secondary N) is 2. The first-order valence-electron chi connectivity index (χ1n) is 4.50. The Morgan fingerprint density at radius 2 is 1.35 bits per heavy atom. The van der Waals surface area contributed by atoms with Crippen molar-refractivity contribution in [2.75, 3.05) is 0 Å². The van der Waals surface area contributed by atoms with Crippen LogP contribution in [0, 0.1) is 0 Å². The first-order chi connectivity index (χ1) is 8.09. The minimum Gasteiger partial charge on any atom is -0.471 e. The van der Waals surface area contributed by atoms with Crippen LogP contribution in [-0.2, 0) is 0 Å². The molecule has 9 nitrogen and oxygen atoms in total. The SMILES string of the molecule is NC(N)=N/[NH+]=C/c1cocc1/C=[NH+]/N=C(N)N. The minimum atomic E-state index is -0.0751. The largest absolute Gasteiger partial charge is 0.471 e. The van der Waals surface area contributed by atoms with E-state index >= 15 is 0 Å². The standard InChI is InChI=1S/C8H12N8O/c9-7(10)15-13-1-5-3-17-4-6(5)2-14-16-8(11)12/h1-4H,(H4,9,10,15)(H4,11,12,16)/p+2/b13-1+,14-2+. The third-order valence-electron chi connectivity index (χ3n) is 1.55. The quantitative estimate of drug-likeness (QED) is 0.174. The zero-order valence-corrected chi connectivity index (χ0v) is 8.92. The molecular weight excluding hydrogens is 224 g/mol. The van der Waals surface area contributed by atoms with Crippen LogP contribution in [0.3, 0.4) is 0 Å². The molecule has 0 bridgehead atoms. The van der Waals surface area contributed by atoms with Crippen LogP contribution in [0.1, 0.15) is 11.1 Å². The Morgan fingerprint density at radius 1 is 0.941 bits per heavy atom. The summed E-state index contributed by atoms with van der Waals surface area (Å²) < 4.78 is 5.00. The summed E-state index contributed by atoms with van der Waals surface area (Å²) in [6.45, 7) is 0. The lowest BCUT2D eigenvalue weighted by atomic mass is 10.2. The van der Waals surface area contributed by atoms with Crippen molar-refractivity contribution in [3.8, 4) is 0 Å². The van der Waals surface area contributed by atoms with Gasteiger partial charge in [-0.3, -0.25) is 0 Å². The lowest BCUT2D eigenvalue weighted by Gasteiger charge is -1.80. The van der Waals surface area contributed by atoms with E-state index in [0.717, 1.165) is 0 Å². The van der Waals surface area contributed by atoms with E-state index in [0.29, 0.717) is 11.1 Å². The Morgan fingerprint density at radius 3 is 1.71 bits per heavy atom. The van der Waals surface area contributed by atoms with Gasteiger partial charge >= 0.3 is 0 Å². The van der Waals surface area contributed by atoms with Crippen molar-refractivity contribution in [2.45, 2.75) is 0 Å². The molecule has 0 amide bonds. The van der Waals surface area contributed by atoms with E-state index in [1.807, 2.05) is 0 Å². The maximum Gasteiger partial charge on any atom is 0.256 e. The van der Waals surface area contributed by atoms with Gasteiger partial charge in [0, 0.05) is 10.2 Å². The van der Waals surface area contributed by atoms with Crippen LogP contribution in [0.25, 0.3) is 0 Å². The molecule has 17 heavy (non-hydrogen) atoms. The Balaban J connectivity index is 2.79. The maximum absolute atomic E-state index is 5.14. The van der Waals surface area contributed by atoms with Gasteiger partial charge in [0.1, 0.15) is 12.5 Å². The topological polar surface area (TPSA) is 170 Å². The Kier molecular flexibility index (Phi) is 4.25. The zero-order valence-electron chi connectivity index (χ0n) is 8.92. The van der Waals surface area contributed by atoms with Crippen molar-refractivity contribution >= 4 is 24.3 Å². The van der Waals surface area contributed by atoms with Gasteiger partial charge in [-0.15, -0.1) is 10.2 Å². The highest BCUT2D eigenvalue weighted by molar-refractivity contribution is 5.89. The van der Waals surface area contributed by atoms with Gasteiger partial charge in [0.15, 0.2) is 0 Å². The van der Waals surface area contributed by atoms with Crippen LogP contribution < -0.4 is 33.1 Å². The summed E-state index contributed by atoms with van der Waals surface area (Å²) in [4.78, 5) is 0. The minimum absolute atomic E-state index is 0.0751. The highest BCUT2D eigenvalue weighted by atomic mass is 16.3. The van der Waals surface area contributed by atoms with Gasteiger partial charge in [-0.05, 0) is 0 Å².